The van der Waals surface area contributed by atoms with Gasteiger partial charge in [0.15, 0.2) is 0 Å². The molecule has 0 aliphatic carbocycles. The number of nitrogens with zero attached hydrogens (tertiary/aromatic N) is 2. The van der Waals surface area contributed by atoms with E-state index < -0.39 is 11.2 Å². The summed E-state index contributed by atoms with van der Waals surface area (Å²) >= 11 is 6.06. The lowest BCUT2D eigenvalue weighted by Crippen LogP contribution is -2.59. The number of ether oxygens (including phenoxy) is 2. The number of benzene rings is 2. The summed E-state index contributed by atoms with van der Waals surface area (Å²) in [6.45, 7) is 18.7. The van der Waals surface area contributed by atoms with Crippen LogP contribution in [0.5, 0.6) is 0 Å². The summed E-state index contributed by atoms with van der Waals surface area (Å²) in [6, 6.07) is 20.2. The largest absolute Gasteiger partial charge is 0.459 e. The smallest absolute Gasteiger partial charge is 0.324 e. The van der Waals surface area contributed by atoms with E-state index in [1.807, 2.05) is 102 Å². The Morgan fingerprint density at radius 1 is 0.923 bits per heavy atom. The lowest BCUT2D eigenvalue weighted by atomic mass is 9.89. The van der Waals surface area contributed by atoms with E-state index >= 15 is 0 Å². The molecule has 1 saturated heterocycles. The Morgan fingerprint density at radius 2 is 1.44 bits per heavy atom. The van der Waals surface area contributed by atoms with Gasteiger partial charge in [-0.3, -0.25) is 19.4 Å². The van der Waals surface area contributed by atoms with Crippen LogP contribution in [0.15, 0.2) is 60.7 Å². The third-order valence-electron chi connectivity index (χ3n) is 5.86. The summed E-state index contributed by atoms with van der Waals surface area (Å²) in [4.78, 5) is 28.3. The Balaban J connectivity index is 0.000000274. The first-order valence-corrected chi connectivity index (χ1v) is 14.2. The molecule has 0 N–H and O–H groups in total. The van der Waals surface area contributed by atoms with Crippen LogP contribution in [-0.4, -0.2) is 64.0 Å². The van der Waals surface area contributed by atoms with Crippen LogP contribution < -0.4 is 0 Å². The van der Waals surface area contributed by atoms with E-state index in [1.54, 1.807) is 0 Å². The monoisotopic (exact) mass is 558 g/mol. The molecule has 0 amide bonds. The number of hydrogen-bond donors (Lipinski definition) is 0. The van der Waals surface area contributed by atoms with Crippen LogP contribution in [-0.2, 0) is 32.2 Å². The number of hydrogen-bond acceptors (Lipinski definition) is 6. The molecule has 3 rings (SSSR count). The van der Waals surface area contributed by atoms with Gasteiger partial charge in [-0.05, 0) is 65.5 Å². The van der Waals surface area contributed by atoms with E-state index in [-0.39, 0.29) is 29.9 Å². The number of alkyl halides is 1. The van der Waals surface area contributed by atoms with E-state index in [4.69, 9.17) is 21.1 Å². The summed E-state index contributed by atoms with van der Waals surface area (Å²) < 4.78 is 10.9. The average Bonchev–Trinajstić information content (AvgIpc) is 2.77. The molecule has 0 spiro atoms. The van der Waals surface area contributed by atoms with Gasteiger partial charge in [0, 0.05) is 31.6 Å². The molecule has 2 aromatic rings. The summed E-state index contributed by atoms with van der Waals surface area (Å²) in [5, 5.41) is -0.0128. The van der Waals surface area contributed by atoms with Crippen molar-refractivity contribution in [1.82, 2.24) is 9.80 Å². The molecule has 7 heteroatoms. The van der Waals surface area contributed by atoms with Gasteiger partial charge in [0.1, 0.15) is 17.2 Å². The van der Waals surface area contributed by atoms with Crippen molar-refractivity contribution in [3.05, 3.63) is 71.8 Å². The third kappa shape index (κ3) is 13.0. The van der Waals surface area contributed by atoms with Gasteiger partial charge in [0.05, 0.1) is 6.54 Å². The molecule has 1 unspecified atom stereocenters. The van der Waals surface area contributed by atoms with Gasteiger partial charge in [-0.25, -0.2) is 0 Å². The van der Waals surface area contributed by atoms with Crippen LogP contribution >= 0.6 is 11.6 Å². The van der Waals surface area contributed by atoms with Crippen molar-refractivity contribution in [3.8, 4) is 0 Å². The molecule has 1 aliphatic rings. The van der Waals surface area contributed by atoms with Gasteiger partial charge in [0.2, 0.25) is 0 Å². The van der Waals surface area contributed by atoms with Crippen molar-refractivity contribution in [2.24, 2.45) is 5.92 Å². The summed E-state index contributed by atoms with van der Waals surface area (Å²) in [5.74, 6) is 0.0616. The second-order valence-electron chi connectivity index (χ2n) is 12.4. The molecule has 0 aromatic heterocycles. The highest BCUT2D eigenvalue weighted by Crippen LogP contribution is 2.28. The summed E-state index contributed by atoms with van der Waals surface area (Å²) in [5.41, 5.74) is 1.53. The summed E-state index contributed by atoms with van der Waals surface area (Å²) in [6.07, 6.45) is 0. The zero-order valence-electron chi connectivity index (χ0n) is 24.9. The predicted octanol–water partition coefficient (Wildman–Crippen LogP) is 6.31. The maximum atomic E-state index is 12.2. The molecule has 0 bridgehead atoms. The van der Waals surface area contributed by atoms with Crippen LogP contribution in [0.4, 0.5) is 0 Å². The van der Waals surface area contributed by atoms with Crippen molar-refractivity contribution in [2.75, 3.05) is 19.6 Å². The quantitative estimate of drug-likeness (QED) is 0.266. The van der Waals surface area contributed by atoms with Crippen molar-refractivity contribution < 1.29 is 19.1 Å². The molecular weight excluding hydrogens is 512 g/mol. The fourth-order valence-electron chi connectivity index (χ4n) is 4.47. The van der Waals surface area contributed by atoms with Crippen LogP contribution in [0.2, 0.25) is 0 Å². The molecule has 1 fully saturated rings. The van der Waals surface area contributed by atoms with Gasteiger partial charge in [-0.15, -0.1) is 11.6 Å². The van der Waals surface area contributed by atoms with E-state index in [0.29, 0.717) is 19.0 Å². The average molecular weight is 559 g/mol. The molecule has 0 radical (unpaired) electrons. The van der Waals surface area contributed by atoms with Crippen LogP contribution in [0, 0.1) is 5.92 Å². The third-order valence-corrected chi connectivity index (χ3v) is 6.00. The van der Waals surface area contributed by atoms with Crippen molar-refractivity contribution in [1.29, 1.82) is 0 Å². The second kappa shape index (κ2) is 14.8. The van der Waals surface area contributed by atoms with E-state index in [2.05, 4.69) is 24.0 Å². The van der Waals surface area contributed by atoms with Crippen LogP contribution in [0.1, 0.15) is 66.5 Å². The second-order valence-corrected chi connectivity index (χ2v) is 13.1. The standard InChI is InChI=1S/C16H24ClNO2.C16H23NO2/c1-13(17)10-18(11-14-8-6-5-7-9-14)12-15(19)20-16(2,3)4;1-12-10-17(11-13-8-6-5-7-9-13)14(12)15(18)19-16(2,3)4/h5-9,13H,10-12H2,1-4H3;5-9,12,14H,10-11H2,1-4H3/t13-;12-,14?/m10/s1. The van der Waals surface area contributed by atoms with Crippen molar-refractivity contribution >= 4 is 23.5 Å². The lowest BCUT2D eigenvalue weighted by molar-refractivity contribution is -0.171. The number of carbonyl (C=O) groups excluding carboxylic acids is 2. The molecule has 1 aliphatic heterocycles. The van der Waals surface area contributed by atoms with Gasteiger partial charge < -0.3 is 9.47 Å². The molecule has 39 heavy (non-hydrogen) atoms. The van der Waals surface area contributed by atoms with Crippen molar-refractivity contribution in [2.45, 2.75) is 91.1 Å². The van der Waals surface area contributed by atoms with Gasteiger partial charge in [-0.1, -0.05) is 67.6 Å². The van der Waals surface area contributed by atoms with E-state index in [0.717, 1.165) is 18.7 Å². The SMILES string of the molecule is C[C@@H](Cl)CN(CC(=O)OC(C)(C)C)Cc1ccccc1.C[C@H]1CN(Cc2ccccc2)C1C(=O)OC(C)(C)C. The molecule has 1 heterocycles. The number of esters is 2. The maximum absolute atomic E-state index is 12.2. The molecule has 3 atom stereocenters. The fourth-order valence-corrected chi connectivity index (χ4v) is 4.66. The van der Waals surface area contributed by atoms with Crippen molar-refractivity contribution in [3.63, 3.8) is 0 Å². The first kappa shape index (κ1) is 32.8. The van der Waals surface area contributed by atoms with E-state index in [1.165, 1.54) is 5.56 Å². The zero-order chi connectivity index (χ0) is 29.2. The van der Waals surface area contributed by atoms with Crippen LogP contribution in [0.3, 0.4) is 0 Å². The number of carbonyl (C=O) groups is 2. The Labute approximate surface area is 240 Å². The molecule has 6 nitrogen and oxygen atoms in total. The molecule has 216 valence electrons. The normalized spacial score (nSPS) is 18.4. The lowest BCUT2D eigenvalue weighted by Gasteiger charge is -2.45. The Morgan fingerprint density at radius 3 is 1.90 bits per heavy atom. The highest BCUT2D eigenvalue weighted by molar-refractivity contribution is 6.20. The Kier molecular flexibility index (Phi) is 12.5. The molecule has 0 saturated carbocycles. The number of halogens is 1. The minimum absolute atomic E-state index is 0.0128. The first-order chi connectivity index (χ1) is 18.1. The Hall–Kier alpha value is -2.41. The molecular formula is C32H47ClN2O4. The van der Waals surface area contributed by atoms with Gasteiger partial charge in [0.25, 0.3) is 0 Å². The number of rotatable bonds is 9. The molecule has 2 aromatic carbocycles. The van der Waals surface area contributed by atoms with Gasteiger partial charge >= 0.3 is 11.9 Å². The minimum Gasteiger partial charge on any atom is -0.459 e. The predicted molar refractivity (Wildman–Crippen MR) is 159 cm³/mol. The van der Waals surface area contributed by atoms with Gasteiger partial charge in [-0.2, -0.15) is 0 Å². The highest BCUT2D eigenvalue weighted by Gasteiger charge is 2.43. The first-order valence-electron chi connectivity index (χ1n) is 13.8. The zero-order valence-corrected chi connectivity index (χ0v) is 25.7. The topological polar surface area (TPSA) is 59.1 Å². The highest BCUT2D eigenvalue weighted by atomic mass is 35.5. The minimum atomic E-state index is -0.456. The number of likely N-dealkylation sites (tertiary alicyclic amines) is 1. The van der Waals surface area contributed by atoms with E-state index in [9.17, 15) is 9.59 Å². The maximum Gasteiger partial charge on any atom is 0.324 e. The van der Waals surface area contributed by atoms with Crippen LogP contribution in [0.25, 0.3) is 0 Å². The Bertz CT molecular complexity index is 1020. The fraction of sp³-hybridized carbons (Fsp3) is 0.562. The summed E-state index contributed by atoms with van der Waals surface area (Å²) in [7, 11) is 0.